The van der Waals surface area contributed by atoms with Crippen molar-refractivity contribution in [3.63, 3.8) is 0 Å². The van der Waals surface area contributed by atoms with Gasteiger partial charge in [0.15, 0.2) is 0 Å². The van der Waals surface area contributed by atoms with E-state index in [4.69, 9.17) is 5.26 Å². The summed E-state index contributed by atoms with van der Waals surface area (Å²) in [7, 11) is 0. The molecule has 1 heterocycles. The molecule has 0 amide bonds. The first-order valence-corrected chi connectivity index (χ1v) is 9.39. The van der Waals surface area contributed by atoms with Crippen LogP contribution >= 0.6 is 54.9 Å². The van der Waals surface area contributed by atoms with Crippen LogP contribution in [0.3, 0.4) is 0 Å². The van der Waals surface area contributed by atoms with Gasteiger partial charge in [-0.05, 0) is 51.9 Å². The number of aromatic nitrogens is 1. The number of nitrogens with one attached hydrogen (secondary N) is 1. The first kappa shape index (κ1) is 14.9. The van der Waals surface area contributed by atoms with Crippen molar-refractivity contribution in [3.8, 4) is 6.07 Å². The van der Waals surface area contributed by atoms with Crippen LogP contribution in [0, 0.1) is 11.3 Å². The third-order valence-electron chi connectivity index (χ3n) is 1.73. The topological polar surface area (TPSA) is 56.6 Å². The van der Waals surface area contributed by atoms with E-state index in [0.29, 0.717) is 5.69 Å². The van der Waals surface area contributed by atoms with Crippen molar-refractivity contribution >= 4 is 65.8 Å². The number of nitriles is 1. The van der Waals surface area contributed by atoms with Crippen LogP contribution in [0.2, 0.25) is 0 Å². The highest BCUT2D eigenvalue weighted by Crippen LogP contribution is 2.61. The van der Waals surface area contributed by atoms with Gasteiger partial charge in [-0.1, -0.05) is 22.0 Å². The number of hydrogen-bond donors (Lipinski definition) is 1. The highest BCUT2D eigenvalue weighted by Gasteiger charge is 2.03. The number of hydrogen-bond acceptors (Lipinski definition) is 2. The Morgan fingerprint density at radius 1 is 1.35 bits per heavy atom. The number of halogens is 4. The first-order valence-electron chi connectivity index (χ1n) is 4.17. The molecule has 0 saturated carbocycles. The molecule has 0 aliphatic rings. The Morgan fingerprint density at radius 3 is 2.41 bits per heavy atom. The molecule has 1 N–H and O–H groups in total. The number of H-pyrrole nitrogens is 1. The SMILES string of the molecule is N#Cc1cc2c(Br)cccc2[nH]1.O=P(Cl)(Cl)Cl. The standard InChI is InChI=1S/C9H5BrN2.Cl3OP/c10-8-2-1-3-9-7(8)4-6(5-11)12-9;1-5(2,3)4/h1-4,12H;. The molecule has 0 fully saturated rings. The summed E-state index contributed by atoms with van der Waals surface area (Å²) in [5.74, 6) is 0. The molecule has 8 heteroatoms. The Bertz CT molecular complexity index is 608. The third-order valence-corrected chi connectivity index (χ3v) is 2.42. The molecule has 0 spiro atoms. The maximum Gasteiger partial charge on any atom is 0.339 e. The Labute approximate surface area is 121 Å². The molecular formula is C9H5BrCl3N2OP. The maximum absolute atomic E-state index is 9.51. The largest absolute Gasteiger partial charge is 0.346 e. The average Bonchev–Trinajstić information content (AvgIpc) is 2.59. The molecule has 0 radical (unpaired) electrons. The van der Waals surface area contributed by atoms with Gasteiger partial charge in [0.05, 0.1) is 0 Å². The monoisotopic (exact) mass is 372 g/mol. The van der Waals surface area contributed by atoms with Crippen molar-refractivity contribution in [1.29, 1.82) is 5.26 Å². The summed E-state index contributed by atoms with van der Waals surface area (Å²) >= 11 is 17.3. The first-order chi connectivity index (χ1) is 7.81. The summed E-state index contributed by atoms with van der Waals surface area (Å²) in [5, 5.41) is 6.46. The fourth-order valence-corrected chi connectivity index (χ4v) is 1.66. The summed E-state index contributed by atoms with van der Waals surface area (Å²) in [4.78, 5) is 2.99. The lowest BCUT2D eigenvalue weighted by Crippen LogP contribution is -1.68. The van der Waals surface area contributed by atoms with Crippen LogP contribution < -0.4 is 0 Å². The van der Waals surface area contributed by atoms with E-state index in [1.54, 1.807) is 0 Å². The van der Waals surface area contributed by atoms with Crippen molar-refractivity contribution in [2.45, 2.75) is 0 Å². The summed E-state index contributed by atoms with van der Waals surface area (Å²) in [6.45, 7) is 0. The molecule has 2 rings (SSSR count). The summed E-state index contributed by atoms with van der Waals surface area (Å²) in [6.07, 6.45) is 0. The smallest absolute Gasteiger partial charge is 0.339 e. The van der Waals surface area contributed by atoms with Gasteiger partial charge in [0.2, 0.25) is 0 Å². The normalized spacial score (nSPS) is 10.5. The van der Waals surface area contributed by atoms with Crippen molar-refractivity contribution < 1.29 is 4.57 Å². The van der Waals surface area contributed by atoms with E-state index in [-0.39, 0.29) is 0 Å². The molecule has 17 heavy (non-hydrogen) atoms. The number of benzene rings is 1. The van der Waals surface area contributed by atoms with Gasteiger partial charge in [0.1, 0.15) is 11.8 Å². The van der Waals surface area contributed by atoms with Gasteiger partial charge in [-0.3, -0.25) is 4.57 Å². The van der Waals surface area contributed by atoms with Crippen LogP contribution in [-0.2, 0) is 4.57 Å². The molecule has 2 aromatic rings. The minimum atomic E-state index is -3.22. The Hall–Kier alpha value is -0.170. The van der Waals surface area contributed by atoms with E-state index in [9.17, 15) is 4.57 Å². The van der Waals surface area contributed by atoms with Crippen LogP contribution in [0.5, 0.6) is 0 Å². The zero-order valence-corrected chi connectivity index (χ0v) is 12.9. The van der Waals surface area contributed by atoms with Crippen molar-refractivity contribution in [2.24, 2.45) is 0 Å². The van der Waals surface area contributed by atoms with E-state index >= 15 is 0 Å². The fraction of sp³-hybridized carbons (Fsp3) is 0. The molecule has 90 valence electrons. The third kappa shape index (κ3) is 5.33. The van der Waals surface area contributed by atoms with Crippen LogP contribution in [0.15, 0.2) is 28.7 Å². The predicted molar refractivity (Wildman–Crippen MR) is 75.9 cm³/mol. The molecule has 0 bridgehead atoms. The Kier molecular flexibility index (Phi) is 5.37. The maximum atomic E-state index is 9.51. The zero-order chi connectivity index (χ0) is 13.1. The van der Waals surface area contributed by atoms with Gasteiger partial charge in [0, 0.05) is 15.4 Å². The van der Waals surface area contributed by atoms with E-state index < -0.39 is 5.20 Å². The molecule has 1 aromatic carbocycles. The summed E-state index contributed by atoms with van der Waals surface area (Å²) < 4.78 is 10.5. The predicted octanol–water partition coefficient (Wildman–Crippen LogP) is 5.61. The molecule has 0 saturated heterocycles. The Morgan fingerprint density at radius 2 is 1.94 bits per heavy atom. The van der Waals surface area contributed by atoms with Gasteiger partial charge in [-0.15, -0.1) is 0 Å². The average molecular weight is 374 g/mol. The van der Waals surface area contributed by atoms with Crippen molar-refractivity contribution in [2.75, 3.05) is 0 Å². The van der Waals surface area contributed by atoms with Gasteiger partial charge in [-0.2, -0.15) is 5.26 Å². The molecular weight excluding hydrogens is 369 g/mol. The lowest BCUT2D eigenvalue weighted by Gasteiger charge is -1.90. The zero-order valence-electron chi connectivity index (χ0n) is 8.12. The second-order valence-corrected chi connectivity index (χ2v) is 10.4. The number of nitrogens with zero attached hydrogens (tertiary/aromatic N) is 1. The second kappa shape index (κ2) is 6.13. The van der Waals surface area contributed by atoms with Crippen LogP contribution in [-0.4, -0.2) is 4.98 Å². The van der Waals surface area contributed by atoms with E-state index in [2.05, 4.69) is 60.7 Å². The fourth-order valence-electron chi connectivity index (χ4n) is 1.18. The van der Waals surface area contributed by atoms with Gasteiger partial charge >= 0.3 is 5.20 Å². The molecule has 0 aliphatic heterocycles. The molecule has 0 unspecified atom stereocenters. The molecule has 1 aromatic heterocycles. The summed E-state index contributed by atoms with van der Waals surface area (Å²) in [5.41, 5.74) is 1.58. The van der Waals surface area contributed by atoms with Crippen molar-refractivity contribution in [3.05, 3.63) is 34.4 Å². The Balaban J connectivity index is 0.000000249. The van der Waals surface area contributed by atoms with Crippen LogP contribution in [0.4, 0.5) is 0 Å². The lowest BCUT2D eigenvalue weighted by atomic mass is 10.2. The van der Waals surface area contributed by atoms with Crippen LogP contribution in [0.1, 0.15) is 5.69 Å². The van der Waals surface area contributed by atoms with Crippen LogP contribution in [0.25, 0.3) is 10.9 Å². The highest BCUT2D eigenvalue weighted by molar-refractivity contribution is 9.10. The lowest BCUT2D eigenvalue weighted by molar-refractivity contribution is 0.600. The molecule has 0 aliphatic carbocycles. The number of fused-ring (bicyclic) bond motifs is 1. The second-order valence-electron chi connectivity index (χ2n) is 2.89. The van der Waals surface area contributed by atoms with Gasteiger partial charge in [-0.25, -0.2) is 0 Å². The van der Waals surface area contributed by atoms with E-state index in [0.717, 1.165) is 15.4 Å². The number of aromatic amines is 1. The van der Waals surface area contributed by atoms with E-state index in [1.165, 1.54) is 0 Å². The summed E-state index contributed by atoms with van der Waals surface area (Å²) in [6, 6.07) is 9.74. The molecule has 0 atom stereocenters. The van der Waals surface area contributed by atoms with Crippen molar-refractivity contribution in [1.82, 2.24) is 4.98 Å². The minimum absolute atomic E-state index is 0.594. The minimum Gasteiger partial charge on any atom is -0.346 e. The number of rotatable bonds is 0. The van der Waals surface area contributed by atoms with Gasteiger partial charge in [0.25, 0.3) is 0 Å². The highest BCUT2D eigenvalue weighted by atomic mass is 79.9. The van der Waals surface area contributed by atoms with Gasteiger partial charge < -0.3 is 4.98 Å². The molecule has 3 nitrogen and oxygen atoms in total. The van der Waals surface area contributed by atoms with E-state index in [1.807, 2.05) is 24.3 Å². The quantitative estimate of drug-likeness (QED) is 0.609.